The third-order valence-electron chi connectivity index (χ3n) is 2.08. The van der Waals surface area contributed by atoms with Crippen molar-refractivity contribution in [2.24, 2.45) is 5.73 Å². The van der Waals surface area contributed by atoms with Gasteiger partial charge in [-0.3, -0.25) is 4.79 Å². The standard InChI is InChI=1S/C11H13Cl2NO/c1-7(14)5-6-10(15)8-3-2-4-9(12)11(8)13/h2-4,7H,5-6,14H2,1H3. The van der Waals surface area contributed by atoms with E-state index in [-0.39, 0.29) is 11.8 Å². The molecule has 82 valence electrons. The van der Waals surface area contributed by atoms with Crippen molar-refractivity contribution in [3.63, 3.8) is 0 Å². The molecule has 0 aromatic heterocycles. The van der Waals surface area contributed by atoms with E-state index in [0.717, 1.165) is 0 Å². The molecule has 0 spiro atoms. The van der Waals surface area contributed by atoms with Crippen LogP contribution in [0.1, 0.15) is 30.1 Å². The van der Waals surface area contributed by atoms with Crippen molar-refractivity contribution in [1.29, 1.82) is 0 Å². The number of hydrogen-bond donors (Lipinski definition) is 1. The number of halogens is 2. The first-order chi connectivity index (χ1) is 7.02. The molecule has 0 heterocycles. The zero-order valence-corrected chi connectivity index (χ0v) is 9.98. The maximum atomic E-state index is 11.7. The van der Waals surface area contributed by atoms with Gasteiger partial charge in [-0.25, -0.2) is 0 Å². The third-order valence-corrected chi connectivity index (χ3v) is 2.90. The van der Waals surface area contributed by atoms with E-state index in [1.807, 2.05) is 6.92 Å². The average Bonchev–Trinajstić information content (AvgIpc) is 2.18. The van der Waals surface area contributed by atoms with Gasteiger partial charge in [0.2, 0.25) is 0 Å². The van der Waals surface area contributed by atoms with Crippen molar-refractivity contribution >= 4 is 29.0 Å². The Kier molecular flexibility index (Phi) is 4.58. The smallest absolute Gasteiger partial charge is 0.164 e. The minimum absolute atomic E-state index is 0.0141. The summed E-state index contributed by atoms with van der Waals surface area (Å²) in [7, 11) is 0. The number of ketones is 1. The molecular weight excluding hydrogens is 233 g/mol. The van der Waals surface area contributed by atoms with E-state index in [9.17, 15) is 4.79 Å². The minimum Gasteiger partial charge on any atom is -0.328 e. The Hall–Kier alpha value is -0.570. The zero-order chi connectivity index (χ0) is 11.4. The van der Waals surface area contributed by atoms with Crippen molar-refractivity contribution in [3.05, 3.63) is 33.8 Å². The molecule has 1 rings (SSSR count). The number of nitrogens with two attached hydrogens (primary N) is 1. The van der Waals surface area contributed by atoms with Crippen molar-refractivity contribution < 1.29 is 4.79 Å². The summed E-state index contributed by atoms with van der Waals surface area (Å²) >= 11 is 11.7. The molecule has 0 aliphatic carbocycles. The van der Waals surface area contributed by atoms with E-state index < -0.39 is 0 Å². The van der Waals surface area contributed by atoms with Crippen LogP contribution in [0.25, 0.3) is 0 Å². The number of benzene rings is 1. The highest BCUT2D eigenvalue weighted by atomic mass is 35.5. The lowest BCUT2D eigenvalue weighted by molar-refractivity contribution is 0.0978. The lowest BCUT2D eigenvalue weighted by Crippen LogP contribution is -2.16. The summed E-state index contributed by atoms with van der Waals surface area (Å²) in [6.07, 6.45) is 1.05. The van der Waals surface area contributed by atoms with E-state index in [1.54, 1.807) is 18.2 Å². The molecule has 0 radical (unpaired) electrons. The highest BCUT2D eigenvalue weighted by molar-refractivity contribution is 6.43. The Balaban J connectivity index is 2.78. The van der Waals surface area contributed by atoms with Crippen LogP contribution in [-0.4, -0.2) is 11.8 Å². The summed E-state index contributed by atoms with van der Waals surface area (Å²) < 4.78 is 0. The molecule has 1 atom stereocenters. The molecule has 2 N–H and O–H groups in total. The van der Waals surface area contributed by atoms with E-state index in [0.29, 0.717) is 28.5 Å². The van der Waals surface area contributed by atoms with Crippen molar-refractivity contribution in [3.8, 4) is 0 Å². The Morgan fingerprint density at radius 2 is 2.13 bits per heavy atom. The minimum atomic E-state index is -0.0141. The molecular formula is C11H13Cl2NO. The quantitative estimate of drug-likeness (QED) is 0.828. The van der Waals surface area contributed by atoms with Gasteiger partial charge in [0.25, 0.3) is 0 Å². The number of hydrogen-bond acceptors (Lipinski definition) is 2. The molecule has 15 heavy (non-hydrogen) atoms. The van der Waals surface area contributed by atoms with Crippen molar-refractivity contribution in [1.82, 2.24) is 0 Å². The monoisotopic (exact) mass is 245 g/mol. The SMILES string of the molecule is CC(N)CCC(=O)c1cccc(Cl)c1Cl. The summed E-state index contributed by atoms with van der Waals surface area (Å²) in [6, 6.07) is 5.07. The van der Waals surface area contributed by atoms with E-state index >= 15 is 0 Å². The maximum Gasteiger partial charge on any atom is 0.164 e. The molecule has 0 amide bonds. The van der Waals surface area contributed by atoms with Gasteiger partial charge in [0.15, 0.2) is 5.78 Å². The second-order valence-electron chi connectivity index (χ2n) is 3.54. The molecule has 1 aromatic carbocycles. The summed E-state index contributed by atoms with van der Waals surface area (Å²) in [6.45, 7) is 1.87. The molecule has 1 unspecified atom stereocenters. The Labute approximate surface area is 99.4 Å². The lowest BCUT2D eigenvalue weighted by atomic mass is 10.0. The summed E-state index contributed by atoms with van der Waals surface area (Å²) in [5.41, 5.74) is 6.05. The van der Waals surface area contributed by atoms with Crippen molar-refractivity contribution in [2.45, 2.75) is 25.8 Å². The summed E-state index contributed by atoms with van der Waals surface area (Å²) in [5, 5.41) is 0.733. The fourth-order valence-corrected chi connectivity index (χ4v) is 1.62. The van der Waals surface area contributed by atoms with Crippen molar-refractivity contribution in [2.75, 3.05) is 0 Å². The number of Topliss-reactive ketones (excluding diaryl/α,β-unsaturated/α-hetero) is 1. The predicted octanol–water partition coefficient (Wildman–Crippen LogP) is 3.30. The first-order valence-electron chi connectivity index (χ1n) is 4.75. The zero-order valence-electron chi connectivity index (χ0n) is 8.47. The lowest BCUT2D eigenvalue weighted by Gasteiger charge is -2.06. The van der Waals surface area contributed by atoms with E-state index in [1.165, 1.54) is 0 Å². The first kappa shape index (κ1) is 12.5. The normalized spacial score (nSPS) is 12.5. The molecule has 0 saturated heterocycles. The third kappa shape index (κ3) is 3.49. The van der Waals surface area contributed by atoms with Gasteiger partial charge in [0.1, 0.15) is 0 Å². The predicted molar refractivity (Wildman–Crippen MR) is 63.7 cm³/mol. The van der Waals surface area contributed by atoms with Gasteiger partial charge in [0, 0.05) is 18.0 Å². The molecule has 0 saturated carbocycles. The Bertz CT molecular complexity index is 364. The van der Waals surface area contributed by atoms with Gasteiger partial charge in [-0.15, -0.1) is 0 Å². The van der Waals surface area contributed by atoms with E-state index in [4.69, 9.17) is 28.9 Å². The second kappa shape index (κ2) is 5.50. The van der Waals surface area contributed by atoms with Crippen LogP contribution >= 0.6 is 23.2 Å². The summed E-state index contributed by atoms with van der Waals surface area (Å²) in [4.78, 5) is 11.7. The largest absolute Gasteiger partial charge is 0.328 e. The van der Waals surface area contributed by atoms with Gasteiger partial charge in [-0.2, -0.15) is 0 Å². The molecule has 0 aliphatic heterocycles. The molecule has 2 nitrogen and oxygen atoms in total. The first-order valence-corrected chi connectivity index (χ1v) is 5.50. The van der Waals surface area contributed by atoms with Crippen LogP contribution in [0.15, 0.2) is 18.2 Å². The number of carbonyl (C=O) groups is 1. The summed E-state index contributed by atoms with van der Waals surface area (Å²) in [5.74, 6) is -0.0141. The van der Waals surface area contributed by atoms with Gasteiger partial charge in [0.05, 0.1) is 10.0 Å². The van der Waals surface area contributed by atoms with Crippen LogP contribution in [0.5, 0.6) is 0 Å². The van der Waals surface area contributed by atoms with Crippen LogP contribution < -0.4 is 5.73 Å². The fraction of sp³-hybridized carbons (Fsp3) is 0.364. The fourth-order valence-electron chi connectivity index (χ4n) is 1.21. The Morgan fingerprint density at radius 3 is 2.73 bits per heavy atom. The second-order valence-corrected chi connectivity index (χ2v) is 4.33. The van der Waals surface area contributed by atoms with Gasteiger partial charge >= 0.3 is 0 Å². The maximum absolute atomic E-state index is 11.7. The van der Waals surface area contributed by atoms with Crippen LogP contribution in [0.4, 0.5) is 0 Å². The van der Waals surface area contributed by atoms with Crippen LogP contribution in [0.3, 0.4) is 0 Å². The number of carbonyl (C=O) groups excluding carboxylic acids is 1. The Morgan fingerprint density at radius 1 is 1.47 bits per heavy atom. The number of rotatable bonds is 4. The highest BCUT2D eigenvalue weighted by Crippen LogP contribution is 2.26. The molecule has 1 aromatic rings. The van der Waals surface area contributed by atoms with Gasteiger partial charge in [-0.1, -0.05) is 29.3 Å². The topological polar surface area (TPSA) is 43.1 Å². The molecule has 0 bridgehead atoms. The van der Waals surface area contributed by atoms with Crippen LogP contribution in [0.2, 0.25) is 10.0 Å². The van der Waals surface area contributed by atoms with Gasteiger partial charge in [-0.05, 0) is 25.5 Å². The average molecular weight is 246 g/mol. The molecule has 0 fully saturated rings. The van der Waals surface area contributed by atoms with E-state index in [2.05, 4.69) is 0 Å². The van der Waals surface area contributed by atoms with Crippen LogP contribution in [0, 0.1) is 0 Å². The molecule has 4 heteroatoms. The molecule has 0 aliphatic rings. The highest BCUT2D eigenvalue weighted by Gasteiger charge is 2.12. The van der Waals surface area contributed by atoms with Crippen LogP contribution in [-0.2, 0) is 0 Å². The van der Waals surface area contributed by atoms with Gasteiger partial charge < -0.3 is 5.73 Å².